The lowest BCUT2D eigenvalue weighted by Gasteiger charge is -2.45. The maximum absolute atomic E-state index is 3.41. The van der Waals surface area contributed by atoms with E-state index in [-0.39, 0.29) is 0 Å². The summed E-state index contributed by atoms with van der Waals surface area (Å²) in [6.07, 6.45) is 4.19. The van der Waals surface area contributed by atoms with Crippen LogP contribution >= 0.6 is 0 Å². The minimum absolute atomic E-state index is 0.785. The molecule has 0 amide bonds. The molecular weight excluding hydrogens is 258 g/mol. The van der Waals surface area contributed by atoms with Crippen molar-refractivity contribution >= 4 is 5.69 Å². The average molecular weight is 287 g/mol. The summed E-state index contributed by atoms with van der Waals surface area (Å²) in [7, 11) is 0. The van der Waals surface area contributed by atoms with E-state index in [1.165, 1.54) is 62.3 Å². The molecule has 116 valence electrons. The quantitative estimate of drug-likeness (QED) is 0.918. The van der Waals surface area contributed by atoms with Gasteiger partial charge in [-0.2, -0.15) is 0 Å². The first kappa shape index (κ1) is 14.9. The van der Waals surface area contributed by atoms with Crippen molar-refractivity contribution in [2.75, 3.05) is 37.6 Å². The van der Waals surface area contributed by atoms with Crippen LogP contribution in [0, 0.1) is 6.92 Å². The fourth-order valence-corrected chi connectivity index (χ4v) is 3.83. The zero-order chi connectivity index (χ0) is 14.7. The van der Waals surface area contributed by atoms with Gasteiger partial charge in [-0.05, 0) is 50.0 Å². The maximum atomic E-state index is 3.41. The van der Waals surface area contributed by atoms with Gasteiger partial charge >= 0.3 is 0 Å². The molecule has 0 saturated carbocycles. The summed E-state index contributed by atoms with van der Waals surface area (Å²) >= 11 is 0. The lowest BCUT2D eigenvalue weighted by molar-refractivity contribution is 0.133. The zero-order valence-electron chi connectivity index (χ0n) is 13.6. The Kier molecular flexibility index (Phi) is 4.81. The molecule has 0 spiro atoms. The standard InChI is InChI=1S/C18H29N3/c1-3-19-13-16-7-8-18(15(2)12-16)21-11-10-20-9-5-4-6-17(20)14-21/h7-8,12,17,19H,3-6,9-11,13-14H2,1-2H3. The number of nitrogens with one attached hydrogen (secondary N) is 1. The highest BCUT2D eigenvalue weighted by atomic mass is 15.3. The van der Waals surface area contributed by atoms with Crippen molar-refractivity contribution in [3.05, 3.63) is 29.3 Å². The highest BCUT2D eigenvalue weighted by Crippen LogP contribution is 2.27. The van der Waals surface area contributed by atoms with Gasteiger partial charge in [0.05, 0.1) is 0 Å². The first-order valence-corrected chi connectivity index (χ1v) is 8.57. The summed E-state index contributed by atoms with van der Waals surface area (Å²) in [4.78, 5) is 5.31. The largest absolute Gasteiger partial charge is 0.368 e. The SMILES string of the molecule is CCNCc1ccc(N2CCN3CCCCC3C2)c(C)c1. The number of piperidine rings is 1. The first-order valence-electron chi connectivity index (χ1n) is 8.57. The molecule has 2 aliphatic rings. The van der Waals surface area contributed by atoms with Crippen LogP contribution in [0.1, 0.15) is 37.3 Å². The summed E-state index contributed by atoms with van der Waals surface area (Å²) in [5.74, 6) is 0. The number of hydrogen-bond donors (Lipinski definition) is 1. The number of rotatable bonds is 4. The normalized spacial score (nSPS) is 23.1. The van der Waals surface area contributed by atoms with Gasteiger partial charge in [0.2, 0.25) is 0 Å². The van der Waals surface area contributed by atoms with Crippen LogP contribution in [0.5, 0.6) is 0 Å². The van der Waals surface area contributed by atoms with E-state index in [4.69, 9.17) is 0 Å². The molecule has 3 heteroatoms. The lowest BCUT2D eigenvalue weighted by Crippen LogP contribution is -2.55. The highest BCUT2D eigenvalue weighted by molar-refractivity contribution is 5.55. The Morgan fingerprint density at radius 2 is 2.10 bits per heavy atom. The van der Waals surface area contributed by atoms with E-state index in [9.17, 15) is 0 Å². The van der Waals surface area contributed by atoms with Gasteiger partial charge in [0.25, 0.3) is 0 Å². The van der Waals surface area contributed by atoms with Crippen LogP contribution in [-0.4, -0.2) is 43.7 Å². The smallest absolute Gasteiger partial charge is 0.0397 e. The third-order valence-corrected chi connectivity index (χ3v) is 5.02. The Bertz CT molecular complexity index is 472. The molecule has 0 bridgehead atoms. The predicted octanol–water partition coefficient (Wildman–Crippen LogP) is 2.78. The van der Waals surface area contributed by atoms with Crippen LogP contribution in [0.25, 0.3) is 0 Å². The molecule has 21 heavy (non-hydrogen) atoms. The monoisotopic (exact) mass is 287 g/mol. The predicted molar refractivity (Wildman–Crippen MR) is 90.0 cm³/mol. The highest BCUT2D eigenvalue weighted by Gasteiger charge is 2.29. The van der Waals surface area contributed by atoms with Gasteiger partial charge in [-0.15, -0.1) is 0 Å². The number of benzene rings is 1. The number of nitrogens with zero attached hydrogens (tertiary/aromatic N) is 2. The summed E-state index contributed by atoms with van der Waals surface area (Å²) < 4.78 is 0. The Morgan fingerprint density at radius 3 is 2.90 bits per heavy atom. The molecule has 2 heterocycles. The van der Waals surface area contributed by atoms with Crippen molar-refractivity contribution in [2.24, 2.45) is 0 Å². The van der Waals surface area contributed by atoms with Gasteiger partial charge in [0, 0.05) is 37.9 Å². The van der Waals surface area contributed by atoms with Gasteiger partial charge < -0.3 is 10.2 Å². The number of anilines is 1. The van der Waals surface area contributed by atoms with E-state index < -0.39 is 0 Å². The molecule has 1 aromatic rings. The third kappa shape index (κ3) is 3.41. The van der Waals surface area contributed by atoms with Gasteiger partial charge in [-0.25, -0.2) is 0 Å². The van der Waals surface area contributed by atoms with Crippen LogP contribution in [0.2, 0.25) is 0 Å². The number of hydrogen-bond acceptors (Lipinski definition) is 3. The van der Waals surface area contributed by atoms with Crippen molar-refractivity contribution in [3.8, 4) is 0 Å². The Hall–Kier alpha value is -1.06. The minimum atomic E-state index is 0.785. The Balaban J connectivity index is 1.68. The molecule has 1 atom stereocenters. The van der Waals surface area contributed by atoms with Crippen LogP contribution < -0.4 is 10.2 Å². The lowest BCUT2D eigenvalue weighted by atomic mass is 9.98. The minimum Gasteiger partial charge on any atom is -0.368 e. The molecule has 0 radical (unpaired) electrons. The molecule has 3 rings (SSSR count). The molecule has 1 aromatic carbocycles. The van der Waals surface area contributed by atoms with Crippen LogP contribution in [0.3, 0.4) is 0 Å². The van der Waals surface area contributed by atoms with Gasteiger partial charge in [-0.3, -0.25) is 4.90 Å². The van der Waals surface area contributed by atoms with E-state index in [0.29, 0.717) is 0 Å². The van der Waals surface area contributed by atoms with E-state index in [0.717, 1.165) is 19.1 Å². The zero-order valence-corrected chi connectivity index (χ0v) is 13.6. The Morgan fingerprint density at radius 1 is 1.19 bits per heavy atom. The fraction of sp³-hybridized carbons (Fsp3) is 0.667. The molecular formula is C18H29N3. The van der Waals surface area contributed by atoms with E-state index >= 15 is 0 Å². The fourth-order valence-electron chi connectivity index (χ4n) is 3.83. The summed E-state index contributed by atoms with van der Waals surface area (Å²) in [6.45, 7) is 11.4. The van der Waals surface area contributed by atoms with E-state index in [1.54, 1.807) is 0 Å². The number of piperazine rings is 1. The first-order chi connectivity index (χ1) is 10.3. The second-order valence-electron chi connectivity index (χ2n) is 6.53. The van der Waals surface area contributed by atoms with Crippen molar-refractivity contribution in [1.29, 1.82) is 0 Å². The van der Waals surface area contributed by atoms with Crippen molar-refractivity contribution in [3.63, 3.8) is 0 Å². The van der Waals surface area contributed by atoms with E-state index in [1.807, 2.05) is 0 Å². The molecule has 2 fully saturated rings. The number of aryl methyl sites for hydroxylation is 1. The van der Waals surface area contributed by atoms with Gasteiger partial charge in [-0.1, -0.05) is 25.5 Å². The Labute approximate surface area is 129 Å². The third-order valence-electron chi connectivity index (χ3n) is 5.02. The molecule has 3 nitrogen and oxygen atoms in total. The van der Waals surface area contributed by atoms with E-state index in [2.05, 4.69) is 47.2 Å². The van der Waals surface area contributed by atoms with Crippen LogP contribution in [-0.2, 0) is 6.54 Å². The average Bonchev–Trinajstić information content (AvgIpc) is 2.52. The van der Waals surface area contributed by atoms with Gasteiger partial charge in [0.1, 0.15) is 0 Å². The van der Waals surface area contributed by atoms with Crippen molar-refractivity contribution in [2.45, 2.75) is 45.7 Å². The summed E-state index contributed by atoms with van der Waals surface area (Å²) in [6, 6.07) is 7.76. The molecule has 0 aromatic heterocycles. The molecule has 0 aliphatic carbocycles. The van der Waals surface area contributed by atoms with Crippen molar-refractivity contribution < 1.29 is 0 Å². The summed E-state index contributed by atoms with van der Waals surface area (Å²) in [5, 5.41) is 3.41. The van der Waals surface area contributed by atoms with Crippen LogP contribution in [0.15, 0.2) is 18.2 Å². The molecule has 1 N–H and O–H groups in total. The molecule has 1 unspecified atom stereocenters. The number of fused-ring (bicyclic) bond motifs is 1. The van der Waals surface area contributed by atoms with Crippen molar-refractivity contribution in [1.82, 2.24) is 10.2 Å². The maximum Gasteiger partial charge on any atom is 0.0397 e. The second kappa shape index (κ2) is 6.80. The molecule has 2 aliphatic heterocycles. The van der Waals surface area contributed by atoms with Crippen LogP contribution in [0.4, 0.5) is 5.69 Å². The topological polar surface area (TPSA) is 18.5 Å². The molecule has 2 saturated heterocycles. The van der Waals surface area contributed by atoms with Gasteiger partial charge in [0.15, 0.2) is 0 Å². The second-order valence-corrected chi connectivity index (χ2v) is 6.53. The summed E-state index contributed by atoms with van der Waals surface area (Å²) in [5.41, 5.74) is 4.27.